The Kier molecular flexibility index (Phi) is 4.39. The first-order chi connectivity index (χ1) is 9.49. The summed E-state index contributed by atoms with van der Waals surface area (Å²) in [5.41, 5.74) is 0.294. The van der Waals surface area contributed by atoms with Crippen LogP contribution in [-0.4, -0.2) is 34.5 Å². The summed E-state index contributed by atoms with van der Waals surface area (Å²) in [6.07, 6.45) is 3.37. The summed E-state index contributed by atoms with van der Waals surface area (Å²) in [6, 6.07) is 1.42. The zero-order chi connectivity index (χ0) is 14.7. The number of carbonyl (C=O) groups excluding carboxylic acids is 1. The molecule has 110 valence electrons. The number of nitrogens with one attached hydrogen (secondary N) is 2. The Morgan fingerprint density at radius 2 is 2.35 bits per heavy atom. The number of hydrogen-bond acceptors (Lipinski definition) is 4. The van der Waals surface area contributed by atoms with Gasteiger partial charge in [0.25, 0.3) is 11.6 Å². The number of rotatable bonds is 4. The van der Waals surface area contributed by atoms with E-state index in [2.05, 4.69) is 10.6 Å². The first kappa shape index (κ1) is 14.5. The Hall–Kier alpha value is -1.89. The van der Waals surface area contributed by atoms with Crippen LogP contribution in [0.15, 0.2) is 12.3 Å². The molecular formula is C13H20N4O3. The highest BCUT2D eigenvalue weighted by molar-refractivity contribution is 5.93. The molecule has 1 aliphatic rings. The van der Waals surface area contributed by atoms with Crippen LogP contribution in [0.2, 0.25) is 0 Å². The van der Waals surface area contributed by atoms with E-state index in [1.54, 1.807) is 4.57 Å². The number of piperidine rings is 1. The number of aromatic nitrogens is 1. The summed E-state index contributed by atoms with van der Waals surface area (Å²) < 4.78 is 1.64. The van der Waals surface area contributed by atoms with Gasteiger partial charge in [0.2, 0.25) is 0 Å². The highest BCUT2D eigenvalue weighted by Gasteiger charge is 2.23. The van der Waals surface area contributed by atoms with Gasteiger partial charge in [0.1, 0.15) is 5.69 Å². The van der Waals surface area contributed by atoms with Gasteiger partial charge in [-0.1, -0.05) is 0 Å². The maximum atomic E-state index is 12.3. The van der Waals surface area contributed by atoms with Gasteiger partial charge in [-0.15, -0.1) is 0 Å². The van der Waals surface area contributed by atoms with E-state index in [9.17, 15) is 14.9 Å². The Morgan fingerprint density at radius 3 is 2.90 bits per heavy atom. The van der Waals surface area contributed by atoms with E-state index in [1.165, 1.54) is 12.3 Å². The first-order valence-corrected chi connectivity index (χ1v) is 6.87. The molecule has 7 nitrogen and oxygen atoms in total. The maximum absolute atomic E-state index is 12.3. The van der Waals surface area contributed by atoms with Crippen molar-refractivity contribution in [3.8, 4) is 0 Å². The number of nitro groups is 1. The average molecular weight is 280 g/mol. The van der Waals surface area contributed by atoms with Crippen molar-refractivity contribution in [2.75, 3.05) is 13.1 Å². The fourth-order valence-corrected chi connectivity index (χ4v) is 2.41. The van der Waals surface area contributed by atoms with Crippen molar-refractivity contribution in [2.24, 2.45) is 0 Å². The molecule has 1 aromatic rings. The fourth-order valence-electron chi connectivity index (χ4n) is 2.41. The highest BCUT2D eigenvalue weighted by atomic mass is 16.6. The molecule has 0 aliphatic carbocycles. The van der Waals surface area contributed by atoms with E-state index in [0.717, 1.165) is 25.9 Å². The van der Waals surface area contributed by atoms with Crippen LogP contribution >= 0.6 is 0 Å². The molecule has 7 heteroatoms. The van der Waals surface area contributed by atoms with Crippen molar-refractivity contribution in [1.29, 1.82) is 0 Å². The number of nitrogens with zero attached hydrogens (tertiary/aromatic N) is 2. The fraction of sp³-hybridized carbons (Fsp3) is 0.615. The molecule has 1 atom stereocenters. The average Bonchev–Trinajstić information content (AvgIpc) is 2.85. The Morgan fingerprint density at radius 1 is 1.60 bits per heavy atom. The van der Waals surface area contributed by atoms with Gasteiger partial charge in [-0.3, -0.25) is 14.9 Å². The Labute approximate surface area is 117 Å². The van der Waals surface area contributed by atoms with Gasteiger partial charge in [-0.25, -0.2) is 0 Å². The molecule has 1 saturated heterocycles. The second-order valence-corrected chi connectivity index (χ2v) is 5.36. The number of carbonyl (C=O) groups is 1. The van der Waals surface area contributed by atoms with Gasteiger partial charge in [-0.05, 0) is 33.2 Å². The minimum atomic E-state index is -0.474. The third-order valence-corrected chi connectivity index (χ3v) is 3.47. The van der Waals surface area contributed by atoms with Crippen LogP contribution in [0.3, 0.4) is 0 Å². The largest absolute Gasteiger partial charge is 0.347 e. The third kappa shape index (κ3) is 3.16. The second-order valence-electron chi connectivity index (χ2n) is 5.36. The number of amides is 1. The van der Waals surface area contributed by atoms with Crippen molar-refractivity contribution < 1.29 is 9.72 Å². The van der Waals surface area contributed by atoms with Crippen LogP contribution in [-0.2, 0) is 0 Å². The lowest BCUT2D eigenvalue weighted by Crippen LogP contribution is -2.46. The van der Waals surface area contributed by atoms with Crippen molar-refractivity contribution in [2.45, 2.75) is 38.8 Å². The molecule has 0 aromatic carbocycles. The number of hydrogen-bond donors (Lipinski definition) is 2. The minimum Gasteiger partial charge on any atom is -0.347 e. The summed E-state index contributed by atoms with van der Waals surface area (Å²) in [5.74, 6) is -0.250. The Bertz CT molecular complexity index is 504. The molecule has 0 spiro atoms. The monoisotopic (exact) mass is 280 g/mol. The topological polar surface area (TPSA) is 89.2 Å². The molecule has 0 unspecified atom stereocenters. The zero-order valence-electron chi connectivity index (χ0n) is 11.8. The minimum absolute atomic E-state index is 0.00562. The van der Waals surface area contributed by atoms with Gasteiger partial charge in [0.15, 0.2) is 0 Å². The van der Waals surface area contributed by atoms with E-state index >= 15 is 0 Å². The molecule has 1 aliphatic heterocycles. The zero-order valence-corrected chi connectivity index (χ0v) is 11.8. The van der Waals surface area contributed by atoms with Gasteiger partial charge < -0.3 is 15.2 Å². The molecule has 2 heterocycles. The lowest BCUT2D eigenvalue weighted by molar-refractivity contribution is -0.384. The smallest absolute Gasteiger partial charge is 0.287 e. The van der Waals surface area contributed by atoms with Crippen LogP contribution in [0.5, 0.6) is 0 Å². The third-order valence-electron chi connectivity index (χ3n) is 3.47. The molecule has 0 bridgehead atoms. The normalized spacial score (nSPS) is 19.1. The molecule has 2 N–H and O–H groups in total. The molecule has 0 saturated carbocycles. The summed E-state index contributed by atoms with van der Waals surface area (Å²) in [4.78, 5) is 22.7. The van der Waals surface area contributed by atoms with Crippen molar-refractivity contribution in [3.63, 3.8) is 0 Å². The van der Waals surface area contributed by atoms with Crippen molar-refractivity contribution >= 4 is 11.6 Å². The second kappa shape index (κ2) is 6.04. The standard InChI is InChI=1S/C13H20N4O3/c1-9(2)16-8-11(17(19)20)6-12(16)13(18)15-10-4-3-5-14-7-10/h6,8-10,14H,3-5,7H2,1-2H3,(H,15,18)/t10-/m1/s1. The first-order valence-electron chi connectivity index (χ1n) is 6.87. The SMILES string of the molecule is CC(C)n1cc([N+](=O)[O-])cc1C(=O)N[C@@H]1CCCNC1. The molecule has 20 heavy (non-hydrogen) atoms. The molecule has 0 radical (unpaired) electrons. The predicted molar refractivity (Wildman–Crippen MR) is 74.8 cm³/mol. The summed E-state index contributed by atoms with van der Waals surface area (Å²) in [6.45, 7) is 5.50. The molecule has 1 aromatic heterocycles. The predicted octanol–water partition coefficient (Wildman–Crippen LogP) is 1.46. The molecular weight excluding hydrogens is 260 g/mol. The van der Waals surface area contributed by atoms with Crippen LogP contribution in [0.1, 0.15) is 43.2 Å². The summed E-state index contributed by atoms with van der Waals surface area (Å²) in [5, 5.41) is 17.0. The maximum Gasteiger partial charge on any atom is 0.287 e. The van der Waals surface area contributed by atoms with E-state index in [-0.39, 0.29) is 23.7 Å². The quantitative estimate of drug-likeness (QED) is 0.645. The molecule has 1 fully saturated rings. The van der Waals surface area contributed by atoms with E-state index < -0.39 is 4.92 Å². The van der Waals surface area contributed by atoms with Crippen LogP contribution in [0.25, 0.3) is 0 Å². The van der Waals surface area contributed by atoms with Gasteiger partial charge in [0.05, 0.1) is 11.1 Å². The van der Waals surface area contributed by atoms with Crippen LogP contribution in [0, 0.1) is 10.1 Å². The van der Waals surface area contributed by atoms with Gasteiger partial charge >= 0.3 is 0 Å². The van der Waals surface area contributed by atoms with E-state index in [1.807, 2.05) is 13.8 Å². The molecule has 2 rings (SSSR count). The summed E-state index contributed by atoms with van der Waals surface area (Å²) >= 11 is 0. The van der Waals surface area contributed by atoms with Gasteiger partial charge in [-0.2, -0.15) is 0 Å². The van der Waals surface area contributed by atoms with Crippen LogP contribution in [0.4, 0.5) is 5.69 Å². The lowest BCUT2D eigenvalue weighted by Gasteiger charge is -2.24. The van der Waals surface area contributed by atoms with Crippen molar-refractivity contribution in [3.05, 3.63) is 28.1 Å². The van der Waals surface area contributed by atoms with Crippen molar-refractivity contribution in [1.82, 2.24) is 15.2 Å². The Balaban J connectivity index is 2.17. The van der Waals surface area contributed by atoms with Gasteiger partial charge in [0, 0.05) is 24.7 Å². The highest BCUT2D eigenvalue weighted by Crippen LogP contribution is 2.21. The van der Waals surface area contributed by atoms with E-state index in [4.69, 9.17) is 0 Å². The lowest BCUT2D eigenvalue weighted by atomic mass is 10.1. The van der Waals surface area contributed by atoms with E-state index in [0.29, 0.717) is 5.69 Å². The summed E-state index contributed by atoms with van der Waals surface area (Å²) in [7, 11) is 0. The molecule has 1 amide bonds. The van der Waals surface area contributed by atoms with Crippen LogP contribution < -0.4 is 10.6 Å².